The molecule has 2 aromatic carbocycles. The Kier molecular flexibility index (Phi) is 5.96. The average Bonchev–Trinajstić information content (AvgIpc) is 2.71. The Hall–Kier alpha value is -3.74. The predicted octanol–water partition coefficient (Wildman–Crippen LogP) is 3.93. The molecule has 0 fully saturated rings. The third-order valence-corrected chi connectivity index (χ3v) is 3.95. The molecule has 0 radical (unpaired) electrons. The van der Waals surface area contributed by atoms with Crippen LogP contribution < -0.4 is 10.6 Å². The van der Waals surface area contributed by atoms with Gasteiger partial charge in [-0.2, -0.15) is 0 Å². The number of nitrogens with one attached hydrogen (secondary N) is 2. The number of hydrogen-bond donors (Lipinski definition) is 2. The van der Waals surface area contributed by atoms with Crippen molar-refractivity contribution in [3.63, 3.8) is 0 Å². The molecule has 142 valence electrons. The Morgan fingerprint density at radius 3 is 2.50 bits per heavy atom. The van der Waals surface area contributed by atoms with Crippen LogP contribution in [0.5, 0.6) is 0 Å². The molecule has 2 N–H and O–H groups in total. The van der Waals surface area contributed by atoms with Crippen LogP contribution in [0.2, 0.25) is 0 Å². The standard InChI is InChI=1S/C21H18FN3O3/c1-28-21(27)16-7-3-5-9-18(16)24-15-10-11-19(23-13-15)25-20(26)12-14-6-2-4-8-17(14)22/h2-11,13,24H,12H2,1H3,(H,23,25,26). The zero-order chi connectivity index (χ0) is 19.9. The van der Waals surface area contributed by atoms with E-state index in [1.165, 1.54) is 19.4 Å². The number of hydrogen-bond acceptors (Lipinski definition) is 5. The number of ether oxygens (including phenoxy) is 1. The molecule has 28 heavy (non-hydrogen) atoms. The van der Waals surface area contributed by atoms with Crippen LogP contribution in [-0.4, -0.2) is 24.0 Å². The highest BCUT2D eigenvalue weighted by Gasteiger charge is 2.12. The highest BCUT2D eigenvalue weighted by atomic mass is 19.1. The van der Waals surface area contributed by atoms with Crippen LogP contribution in [0.4, 0.5) is 21.6 Å². The normalized spacial score (nSPS) is 10.2. The van der Waals surface area contributed by atoms with Crippen molar-refractivity contribution < 1.29 is 18.7 Å². The van der Waals surface area contributed by atoms with Crippen LogP contribution in [-0.2, 0) is 16.0 Å². The van der Waals surface area contributed by atoms with E-state index in [2.05, 4.69) is 15.6 Å². The van der Waals surface area contributed by atoms with Gasteiger partial charge >= 0.3 is 5.97 Å². The number of rotatable bonds is 6. The van der Waals surface area contributed by atoms with E-state index in [1.54, 1.807) is 54.6 Å². The van der Waals surface area contributed by atoms with Crippen molar-refractivity contribution in [2.45, 2.75) is 6.42 Å². The number of anilines is 3. The quantitative estimate of drug-likeness (QED) is 0.635. The van der Waals surface area contributed by atoms with Crippen LogP contribution in [0.15, 0.2) is 66.9 Å². The molecule has 1 amide bonds. The number of benzene rings is 2. The Balaban J connectivity index is 1.65. The molecule has 0 spiro atoms. The molecule has 0 saturated carbocycles. The first-order chi connectivity index (χ1) is 13.6. The van der Waals surface area contributed by atoms with Gasteiger partial charge in [-0.3, -0.25) is 4.79 Å². The lowest BCUT2D eigenvalue weighted by Gasteiger charge is -2.11. The number of methoxy groups -OCH3 is 1. The minimum atomic E-state index is -0.451. The molecule has 3 rings (SSSR count). The highest BCUT2D eigenvalue weighted by Crippen LogP contribution is 2.22. The monoisotopic (exact) mass is 379 g/mol. The molecule has 1 aromatic heterocycles. The smallest absolute Gasteiger partial charge is 0.339 e. The van der Waals surface area contributed by atoms with Gasteiger partial charge in [-0.05, 0) is 35.9 Å². The number of halogens is 1. The van der Waals surface area contributed by atoms with Crippen molar-refractivity contribution in [3.05, 3.63) is 83.8 Å². The van der Waals surface area contributed by atoms with Crippen molar-refractivity contribution in [2.24, 2.45) is 0 Å². The summed E-state index contributed by atoms with van der Waals surface area (Å²) in [5, 5.41) is 5.72. The molecule has 0 bridgehead atoms. The second kappa shape index (κ2) is 8.77. The van der Waals surface area contributed by atoms with Crippen LogP contribution in [0.3, 0.4) is 0 Å². The zero-order valence-electron chi connectivity index (χ0n) is 15.1. The molecule has 0 aliphatic carbocycles. The van der Waals surface area contributed by atoms with E-state index in [0.29, 0.717) is 28.3 Å². The van der Waals surface area contributed by atoms with Gasteiger partial charge in [-0.1, -0.05) is 30.3 Å². The summed E-state index contributed by atoms with van der Waals surface area (Å²) in [6.07, 6.45) is 1.44. The minimum absolute atomic E-state index is 0.0825. The molecular formula is C21H18FN3O3. The lowest BCUT2D eigenvalue weighted by molar-refractivity contribution is -0.115. The fourth-order valence-electron chi connectivity index (χ4n) is 2.58. The topological polar surface area (TPSA) is 80.3 Å². The van der Waals surface area contributed by atoms with Gasteiger partial charge in [0.25, 0.3) is 0 Å². The van der Waals surface area contributed by atoms with Gasteiger partial charge in [-0.15, -0.1) is 0 Å². The number of aromatic nitrogens is 1. The first-order valence-corrected chi connectivity index (χ1v) is 8.50. The number of pyridine rings is 1. The average molecular weight is 379 g/mol. The number of esters is 1. The summed E-state index contributed by atoms with van der Waals surface area (Å²) in [5.74, 6) is -0.898. The van der Waals surface area contributed by atoms with Gasteiger partial charge in [0.15, 0.2) is 0 Å². The summed E-state index contributed by atoms with van der Waals surface area (Å²) in [7, 11) is 1.32. The lowest BCUT2D eigenvalue weighted by atomic mass is 10.1. The van der Waals surface area contributed by atoms with Crippen molar-refractivity contribution in [3.8, 4) is 0 Å². The van der Waals surface area contributed by atoms with Crippen molar-refractivity contribution in [2.75, 3.05) is 17.7 Å². The largest absolute Gasteiger partial charge is 0.465 e. The summed E-state index contributed by atoms with van der Waals surface area (Å²) in [5.41, 5.74) is 1.92. The fraction of sp³-hybridized carbons (Fsp3) is 0.0952. The summed E-state index contributed by atoms with van der Waals surface area (Å²) in [4.78, 5) is 28.1. The molecule has 7 heteroatoms. The van der Waals surface area contributed by atoms with Gasteiger partial charge in [0, 0.05) is 0 Å². The van der Waals surface area contributed by atoms with Gasteiger partial charge in [0.2, 0.25) is 5.91 Å². The third kappa shape index (κ3) is 4.70. The van der Waals surface area contributed by atoms with Crippen LogP contribution >= 0.6 is 0 Å². The van der Waals surface area contributed by atoms with E-state index in [-0.39, 0.29) is 12.3 Å². The van der Waals surface area contributed by atoms with Crippen LogP contribution in [0, 0.1) is 5.82 Å². The summed E-state index contributed by atoms with van der Waals surface area (Å²) in [6, 6.07) is 16.4. The predicted molar refractivity (Wildman–Crippen MR) is 104 cm³/mol. The molecular weight excluding hydrogens is 361 g/mol. The van der Waals surface area contributed by atoms with E-state index in [4.69, 9.17) is 4.74 Å². The summed E-state index contributed by atoms with van der Waals surface area (Å²) < 4.78 is 18.4. The third-order valence-electron chi connectivity index (χ3n) is 3.95. The Labute approximate surface area is 161 Å². The van der Waals surface area contributed by atoms with Gasteiger partial charge < -0.3 is 15.4 Å². The number of carbonyl (C=O) groups excluding carboxylic acids is 2. The van der Waals surface area contributed by atoms with Crippen LogP contribution in [0.25, 0.3) is 0 Å². The molecule has 0 aliphatic heterocycles. The number of carbonyl (C=O) groups is 2. The molecule has 1 heterocycles. The molecule has 3 aromatic rings. The van der Waals surface area contributed by atoms with Crippen LogP contribution in [0.1, 0.15) is 15.9 Å². The number of amides is 1. The molecule has 6 nitrogen and oxygen atoms in total. The van der Waals surface area contributed by atoms with Crippen molar-refractivity contribution in [1.29, 1.82) is 0 Å². The van der Waals surface area contributed by atoms with Crippen molar-refractivity contribution >= 4 is 29.1 Å². The fourth-order valence-corrected chi connectivity index (χ4v) is 2.58. The summed E-state index contributed by atoms with van der Waals surface area (Å²) in [6.45, 7) is 0. The number of para-hydroxylation sites is 1. The number of nitrogens with zero attached hydrogens (tertiary/aromatic N) is 1. The van der Waals surface area contributed by atoms with Gasteiger partial charge in [-0.25, -0.2) is 14.2 Å². The van der Waals surface area contributed by atoms with E-state index in [0.717, 1.165) is 0 Å². The summed E-state index contributed by atoms with van der Waals surface area (Å²) >= 11 is 0. The molecule has 0 saturated heterocycles. The SMILES string of the molecule is COC(=O)c1ccccc1Nc1ccc(NC(=O)Cc2ccccc2F)nc1. The van der Waals surface area contributed by atoms with E-state index in [9.17, 15) is 14.0 Å². The highest BCUT2D eigenvalue weighted by molar-refractivity contribution is 5.96. The molecule has 0 aliphatic rings. The van der Waals surface area contributed by atoms with Crippen molar-refractivity contribution in [1.82, 2.24) is 4.98 Å². The van der Waals surface area contributed by atoms with Gasteiger partial charge in [0.1, 0.15) is 11.6 Å². The van der Waals surface area contributed by atoms with E-state index >= 15 is 0 Å². The minimum Gasteiger partial charge on any atom is -0.465 e. The second-order valence-electron chi connectivity index (χ2n) is 5.91. The maximum absolute atomic E-state index is 13.6. The Bertz CT molecular complexity index is 990. The zero-order valence-corrected chi connectivity index (χ0v) is 15.1. The van der Waals surface area contributed by atoms with E-state index < -0.39 is 11.8 Å². The van der Waals surface area contributed by atoms with Gasteiger partial charge in [0.05, 0.1) is 36.7 Å². The Morgan fingerprint density at radius 2 is 1.79 bits per heavy atom. The first-order valence-electron chi connectivity index (χ1n) is 8.50. The lowest BCUT2D eigenvalue weighted by Crippen LogP contribution is -2.16. The molecule has 0 atom stereocenters. The first kappa shape index (κ1) is 19.0. The Morgan fingerprint density at radius 1 is 1.04 bits per heavy atom. The second-order valence-corrected chi connectivity index (χ2v) is 5.91. The maximum Gasteiger partial charge on any atom is 0.339 e. The maximum atomic E-state index is 13.6. The van der Waals surface area contributed by atoms with E-state index in [1.807, 2.05) is 0 Å². The molecule has 0 unspecified atom stereocenters.